The van der Waals surface area contributed by atoms with Crippen LogP contribution in [-0.4, -0.2) is 58.3 Å². The van der Waals surface area contributed by atoms with Crippen LogP contribution in [0, 0.1) is 0 Å². The molecule has 0 spiro atoms. The summed E-state index contributed by atoms with van der Waals surface area (Å²) in [4.78, 5) is 17.5. The van der Waals surface area contributed by atoms with Crippen molar-refractivity contribution in [1.29, 1.82) is 0 Å². The molecule has 1 amide bonds. The number of likely N-dealkylation sites (N-methyl/N-ethyl adjacent to an activating group) is 1. The predicted molar refractivity (Wildman–Crippen MR) is 119 cm³/mol. The van der Waals surface area contributed by atoms with Gasteiger partial charge in [0.15, 0.2) is 11.5 Å². The number of anilines is 1. The number of amides is 1. The van der Waals surface area contributed by atoms with Crippen molar-refractivity contribution < 1.29 is 19.0 Å². The molecular formula is C22H31ClN2O4. The fraction of sp³-hybridized carbons (Fsp3) is 0.409. The van der Waals surface area contributed by atoms with E-state index in [4.69, 9.17) is 14.2 Å². The summed E-state index contributed by atoms with van der Waals surface area (Å²) in [6.07, 6.45) is 0. The molecule has 0 saturated carbocycles. The van der Waals surface area contributed by atoms with Crippen molar-refractivity contribution in [3.63, 3.8) is 0 Å². The van der Waals surface area contributed by atoms with Crippen LogP contribution in [-0.2, 0) is 0 Å². The number of halogens is 1. The number of hydrogen-bond acceptors (Lipinski definition) is 5. The molecule has 0 unspecified atom stereocenters. The second-order valence-corrected chi connectivity index (χ2v) is 6.23. The molecule has 29 heavy (non-hydrogen) atoms. The van der Waals surface area contributed by atoms with E-state index in [0.717, 1.165) is 25.3 Å². The van der Waals surface area contributed by atoms with Crippen LogP contribution in [0.15, 0.2) is 42.5 Å². The molecule has 0 aliphatic heterocycles. The molecule has 0 N–H and O–H groups in total. The van der Waals surface area contributed by atoms with E-state index in [2.05, 4.69) is 18.7 Å². The molecule has 0 bridgehead atoms. The highest BCUT2D eigenvalue weighted by Gasteiger charge is 2.22. The lowest BCUT2D eigenvalue weighted by molar-refractivity contribution is 0.0983. The first kappa shape index (κ1) is 24.6. The molecule has 0 heterocycles. The van der Waals surface area contributed by atoms with Crippen molar-refractivity contribution in [2.45, 2.75) is 13.8 Å². The minimum atomic E-state index is -0.113. The second kappa shape index (κ2) is 12.2. The Morgan fingerprint density at radius 2 is 1.41 bits per heavy atom. The van der Waals surface area contributed by atoms with E-state index in [1.807, 2.05) is 30.3 Å². The number of nitrogens with zero attached hydrogens (tertiary/aromatic N) is 2. The van der Waals surface area contributed by atoms with Gasteiger partial charge in [-0.2, -0.15) is 0 Å². The van der Waals surface area contributed by atoms with Crippen LogP contribution in [0.25, 0.3) is 0 Å². The highest BCUT2D eigenvalue weighted by Crippen LogP contribution is 2.38. The maximum Gasteiger partial charge on any atom is 0.258 e. The van der Waals surface area contributed by atoms with Crippen LogP contribution in [0.3, 0.4) is 0 Å². The Morgan fingerprint density at radius 3 is 1.86 bits per heavy atom. The summed E-state index contributed by atoms with van der Waals surface area (Å²) >= 11 is 0. The third-order valence-electron chi connectivity index (χ3n) is 4.76. The van der Waals surface area contributed by atoms with Gasteiger partial charge in [-0.3, -0.25) is 4.79 Å². The molecule has 0 aliphatic rings. The van der Waals surface area contributed by atoms with E-state index >= 15 is 0 Å². The molecule has 0 saturated heterocycles. The lowest BCUT2D eigenvalue weighted by Gasteiger charge is -2.27. The topological polar surface area (TPSA) is 51.2 Å². The fourth-order valence-electron chi connectivity index (χ4n) is 3.10. The normalized spacial score (nSPS) is 10.3. The Balaban J connectivity index is 0.00000420. The SMILES string of the molecule is CCN(CC)CCN(C(=O)c1cc(OC)c(OC)c(OC)c1)c1ccccc1.Cl. The quantitative estimate of drug-likeness (QED) is 0.576. The summed E-state index contributed by atoms with van der Waals surface area (Å²) in [5.41, 5.74) is 1.34. The maximum absolute atomic E-state index is 13.4. The first-order valence-electron chi connectivity index (χ1n) is 9.48. The van der Waals surface area contributed by atoms with Gasteiger partial charge in [-0.05, 0) is 37.4 Å². The van der Waals surface area contributed by atoms with Crippen LogP contribution in [0.5, 0.6) is 17.2 Å². The number of rotatable bonds is 10. The summed E-state index contributed by atoms with van der Waals surface area (Å²) in [5.74, 6) is 1.28. The van der Waals surface area contributed by atoms with Crippen molar-refractivity contribution in [3.8, 4) is 17.2 Å². The molecular weight excluding hydrogens is 392 g/mol. The molecule has 0 radical (unpaired) electrons. The molecule has 6 nitrogen and oxygen atoms in total. The minimum Gasteiger partial charge on any atom is -0.493 e. The van der Waals surface area contributed by atoms with E-state index in [0.29, 0.717) is 29.4 Å². The van der Waals surface area contributed by atoms with E-state index in [9.17, 15) is 4.79 Å². The largest absolute Gasteiger partial charge is 0.493 e. The highest BCUT2D eigenvalue weighted by atomic mass is 35.5. The van der Waals surface area contributed by atoms with E-state index in [1.165, 1.54) is 0 Å². The zero-order chi connectivity index (χ0) is 20.5. The number of carbonyl (C=O) groups excluding carboxylic acids is 1. The van der Waals surface area contributed by atoms with Gasteiger partial charge in [0.25, 0.3) is 5.91 Å². The average Bonchev–Trinajstić information content (AvgIpc) is 2.75. The van der Waals surface area contributed by atoms with Crippen molar-refractivity contribution >= 4 is 24.0 Å². The number of methoxy groups -OCH3 is 3. The summed E-state index contributed by atoms with van der Waals surface area (Å²) < 4.78 is 16.2. The van der Waals surface area contributed by atoms with Crippen LogP contribution in [0.1, 0.15) is 24.2 Å². The van der Waals surface area contributed by atoms with Crippen molar-refractivity contribution in [2.24, 2.45) is 0 Å². The number of para-hydroxylation sites is 1. The van der Waals surface area contributed by atoms with Gasteiger partial charge in [-0.15, -0.1) is 12.4 Å². The van der Waals surface area contributed by atoms with E-state index in [1.54, 1.807) is 38.4 Å². The molecule has 0 aromatic heterocycles. The Hall–Kier alpha value is -2.44. The van der Waals surface area contributed by atoms with Gasteiger partial charge in [0.05, 0.1) is 21.3 Å². The molecule has 160 valence electrons. The molecule has 0 atom stereocenters. The zero-order valence-corrected chi connectivity index (χ0v) is 18.6. The minimum absolute atomic E-state index is 0. The number of ether oxygens (including phenoxy) is 3. The van der Waals surface area contributed by atoms with Gasteiger partial charge in [0.1, 0.15) is 0 Å². The van der Waals surface area contributed by atoms with Crippen molar-refractivity contribution in [3.05, 3.63) is 48.0 Å². The van der Waals surface area contributed by atoms with Crippen molar-refractivity contribution in [2.75, 3.05) is 52.4 Å². The average molecular weight is 423 g/mol. The maximum atomic E-state index is 13.4. The van der Waals surface area contributed by atoms with Gasteiger partial charge in [0.2, 0.25) is 5.75 Å². The summed E-state index contributed by atoms with van der Waals surface area (Å²) in [7, 11) is 4.63. The zero-order valence-electron chi connectivity index (χ0n) is 17.8. The monoisotopic (exact) mass is 422 g/mol. The Bertz CT molecular complexity index is 742. The Kier molecular flexibility index (Phi) is 10.3. The van der Waals surface area contributed by atoms with E-state index < -0.39 is 0 Å². The fourth-order valence-corrected chi connectivity index (χ4v) is 3.10. The van der Waals surface area contributed by atoms with Gasteiger partial charge < -0.3 is 24.0 Å². The number of carbonyl (C=O) groups is 1. The van der Waals surface area contributed by atoms with Gasteiger partial charge in [-0.1, -0.05) is 32.0 Å². The number of hydrogen-bond donors (Lipinski definition) is 0. The number of benzene rings is 2. The molecule has 0 fully saturated rings. The molecule has 0 aliphatic carbocycles. The van der Waals surface area contributed by atoms with Crippen LogP contribution in [0.2, 0.25) is 0 Å². The van der Waals surface area contributed by atoms with Crippen LogP contribution < -0.4 is 19.1 Å². The summed E-state index contributed by atoms with van der Waals surface area (Å²) in [6, 6.07) is 13.1. The van der Waals surface area contributed by atoms with E-state index in [-0.39, 0.29) is 18.3 Å². The van der Waals surface area contributed by atoms with Gasteiger partial charge in [0, 0.05) is 24.3 Å². The summed E-state index contributed by atoms with van der Waals surface area (Å²) in [5, 5.41) is 0. The lowest BCUT2D eigenvalue weighted by atomic mass is 10.1. The van der Waals surface area contributed by atoms with Crippen LogP contribution >= 0.6 is 12.4 Å². The first-order chi connectivity index (χ1) is 13.6. The standard InChI is InChI=1S/C22H30N2O4.ClH/c1-6-23(7-2)13-14-24(18-11-9-8-10-12-18)22(25)17-15-19(26-3)21(28-5)20(16-17)27-4;/h8-12,15-16H,6-7,13-14H2,1-5H3;1H. The first-order valence-corrected chi connectivity index (χ1v) is 9.48. The van der Waals surface area contributed by atoms with Gasteiger partial charge >= 0.3 is 0 Å². The third kappa shape index (κ3) is 6.02. The molecule has 2 aromatic rings. The third-order valence-corrected chi connectivity index (χ3v) is 4.76. The molecule has 7 heteroatoms. The highest BCUT2D eigenvalue weighted by molar-refractivity contribution is 6.06. The van der Waals surface area contributed by atoms with Gasteiger partial charge in [-0.25, -0.2) is 0 Å². The predicted octanol–water partition coefficient (Wildman–Crippen LogP) is 4.12. The molecule has 2 aromatic carbocycles. The van der Waals surface area contributed by atoms with Crippen molar-refractivity contribution in [1.82, 2.24) is 4.90 Å². The van der Waals surface area contributed by atoms with Crippen LogP contribution in [0.4, 0.5) is 5.69 Å². The summed E-state index contributed by atoms with van der Waals surface area (Å²) in [6.45, 7) is 7.50. The Labute approximate surface area is 179 Å². The molecule has 2 rings (SSSR count). The second-order valence-electron chi connectivity index (χ2n) is 6.23. The smallest absolute Gasteiger partial charge is 0.258 e. The Morgan fingerprint density at radius 1 is 0.862 bits per heavy atom. The lowest BCUT2D eigenvalue weighted by Crippen LogP contribution is -2.38.